The molecule has 14 rings (SSSR count). The molecule has 0 bridgehead atoms. The molecule has 7 fully saturated rings. The Balaban J connectivity index is 0.000000177. The van der Waals surface area contributed by atoms with Crippen molar-refractivity contribution in [3.8, 4) is 45.3 Å². The molecule has 0 spiro atoms. The number of phenols is 1. The molecule has 0 saturated carbocycles. The fraction of sp³-hybridized carbons (Fsp3) is 0.588. The number of hydrogen-bond acceptors (Lipinski definition) is 22. The summed E-state index contributed by atoms with van der Waals surface area (Å²) in [5, 5.41) is 22.4. The van der Waals surface area contributed by atoms with Gasteiger partial charge in [-0.05, 0) is 327 Å². The van der Waals surface area contributed by atoms with Crippen LogP contribution >= 0.6 is 109 Å². The SMILES string of the molecule is CC1(C)OB(B2OC(C)(C)C(C)(C)O2)OC1(C)C.CC1(C)OB(c2cnn(C3CCCCO3)c2)OC1(C)C.COCBr.COCOc1cc(-c2cnn(C3CCCCO3)c2)ccc1B1OC(C)(C)C(C)(C)O1.COCOc1cc(-c2cnn(C3CCCCO3)c2)ccc1Br.COCOc1cc(I)ccc1Br.Oc1cc(I)ccc1Br. The summed E-state index contributed by atoms with van der Waals surface area (Å²) in [6.07, 6.45) is 21.7. The Morgan fingerprint density at radius 2 is 0.748 bits per heavy atom. The van der Waals surface area contributed by atoms with E-state index in [0.29, 0.717) is 17.0 Å². The van der Waals surface area contributed by atoms with Gasteiger partial charge in [0.25, 0.3) is 0 Å². The maximum Gasteiger partial charge on any atom is 0.498 e. The molecule has 3 unspecified atom stereocenters. The van der Waals surface area contributed by atoms with E-state index in [-0.39, 0.29) is 79.8 Å². The second kappa shape index (κ2) is 43.7. The van der Waals surface area contributed by atoms with E-state index in [1.807, 2.05) is 201 Å². The lowest BCUT2D eigenvalue weighted by atomic mass is 9.49. The Morgan fingerprint density at radius 3 is 1.13 bits per heavy atom. The van der Waals surface area contributed by atoms with Crippen LogP contribution in [0, 0.1) is 7.14 Å². The molecule has 0 radical (unpaired) electrons. The van der Waals surface area contributed by atoms with Gasteiger partial charge in [-0.1, -0.05) is 34.1 Å². The van der Waals surface area contributed by atoms with Crippen molar-refractivity contribution in [2.45, 2.75) is 232 Å². The van der Waals surface area contributed by atoms with E-state index in [1.165, 1.54) is 12.8 Å². The fourth-order valence-corrected chi connectivity index (χ4v) is 13.8. The molecule has 10 heterocycles. The van der Waals surface area contributed by atoms with Crippen molar-refractivity contribution < 1.29 is 89.7 Å². The van der Waals surface area contributed by atoms with Crippen LogP contribution in [-0.2, 0) is 70.4 Å². The normalized spacial score (nSPS) is 21.6. The van der Waals surface area contributed by atoms with Gasteiger partial charge in [-0.2, -0.15) is 15.3 Å². The Bertz CT molecular complexity index is 4060. The lowest BCUT2D eigenvalue weighted by molar-refractivity contribution is -0.0395. The van der Waals surface area contributed by atoms with Crippen LogP contribution in [0.2, 0.25) is 0 Å². The number of nitrogens with zero attached hydrogens (tertiary/aromatic N) is 6. The molecule has 3 aromatic heterocycles. The van der Waals surface area contributed by atoms with Crippen molar-refractivity contribution in [1.29, 1.82) is 0 Å². The number of ether oxygens (including phenoxy) is 10. The minimum absolute atomic E-state index is 0.0146. The number of benzene rings is 4. The third-order valence-electron chi connectivity index (χ3n) is 21.5. The van der Waals surface area contributed by atoms with Gasteiger partial charge < -0.3 is 89.7 Å². The molecule has 115 heavy (non-hydrogen) atoms. The zero-order valence-corrected chi connectivity index (χ0v) is 80.7. The maximum atomic E-state index is 9.05. The fourth-order valence-electron chi connectivity index (χ4n) is 11.9. The van der Waals surface area contributed by atoms with Gasteiger partial charge in [0.05, 0.1) is 70.6 Å². The lowest BCUT2D eigenvalue weighted by Crippen LogP contribution is -2.41. The molecule has 3 atom stereocenters. The summed E-state index contributed by atoms with van der Waals surface area (Å²) >= 11 is 17.4. The molecule has 1 N–H and O–H groups in total. The summed E-state index contributed by atoms with van der Waals surface area (Å²) in [5.41, 5.74) is 3.62. The minimum atomic E-state index is -0.505. The molecule has 7 aliphatic rings. The van der Waals surface area contributed by atoms with Gasteiger partial charge in [-0.15, -0.1) is 0 Å². The average molecular weight is 2080 g/mol. The van der Waals surface area contributed by atoms with Crippen LogP contribution in [0.1, 0.15) is 187 Å². The van der Waals surface area contributed by atoms with Crippen LogP contribution < -0.4 is 25.1 Å². The molecule has 0 aliphatic carbocycles. The Hall–Kier alpha value is -3.25. The number of halogens is 6. The first kappa shape index (κ1) is 97.2. The molecule has 0 amide bonds. The molecular formula is C80H114B4Br4I2N6O19. The number of rotatable bonds is 18. The average Bonchev–Trinajstić information content (AvgIpc) is 1.60. The topological polar surface area (TPSA) is 240 Å². The molecule has 7 aliphatic heterocycles. The number of methoxy groups -OCH3 is 4. The van der Waals surface area contributed by atoms with Crippen molar-refractivity contribution in [3.05, 3.63) is 131 Å². The van der Waals surface area contributed by atoms with Gasteiger partial charge in [0.15, 0.2) is 20.4 Å². The van der Waals surface area contributed by atoms with Crippen molar-refractivity contribution >= 4 is 148 Å². The summed E-state index contributed by atoms with van der Waals surface area (Å²) in [6.45, 7) is 35.7. The summed E-state index contributed by atoms with van der Waals surface area (Å²) in [6, 6.07) is 23.4. The van der Waals surface area contributed by atoms with Crippen LogP contribution in [0.15, 0.2) is 123 Å². The molecule has 632 valence electrons. The zero-order valence-electron chi connectivity index (χ0n) is 70.0. The van der Waals surface area contributed by atoms with Gasteiger partial charge in [0.1, 0.15) is 47.2 Å². The summed E-state index contributed by atoms with van der Waals surface area (Å²) in [5.74, 6) is 2.53. The minimum Gasteiger partial charge on any atom is -0.507 e. The van der Waals surface area contributed by atoms with Gasteiger partial charge in [0.2, 0.25) is 0 Å². The van der Waals surface area contributed by atoms with Crippen molar-refractivity contribution in [1.82, 2.24) is 29.3 Å². The Kier molecular flexibility index (Phi) is 36.9. The first-order chi connectivity index (χ1) is 54.2. The smallest absolute Gasteiger partial charge is 0.498 e. The molecule has 7 aromatic rings. The largest absolute Gasteiger partial charge is 0.507 e. The standard InChI is InChI=1S/C22H31BN2O5.C16H19BrN2O3.C14H23BN2O3.C12H24B2O4.C8H8BrIO2.C6H4BrIO.C2H5BrO/c1-21(2)22(3,4)30-23(29-21)18-10-9-16(12-19(18)28-15-26-5)17-13-24-25(14-17)20-8-6-7-11-27-20;1-20-11-22-15-8-12(5-6-14(15)17)13-9-18-19(10-13)16-4-2-3-7-21-16;1-13(2)14(3,4)20-15(19-13)11-9-16-17(10-11)12-7-5-6-8-18-12;1-9(2)10(3,4)16-13(15-9)14-17-11(5,6)12(7,8)18-14;1-11-5-12-8-4-6(10)2-3-7(8)9;7-5-2-1-4(8)3-6(5)9;1-4-2-3/h9-10,12-14,20H,6-8,11,15H2,1-5H3;5-6,8-10,16H,2-4,7,11H2,1H3;9-10,12H,5-8H2,1-4H3;1-8H3;2-4H,5H2,1H3;1-3,9H;2H2,1H3. The second-order valence-electron chi connectivity index (χ2n) is 32.2. The Labute approximate surface area is 742 Å². The highest BCUT2D eigenvalue weighted by atomic mass is 127. The van der Waals surface area contributed by atoms with E-state index in [1.54, 1.807) is 34.5 Å². The number of phenolic OH excluding ortho intramolecular Hbond substituents is 1. The highest BCUT2D eigenvalue weighted by Gasteiger charge is 2.64. The van der Waals surface area contributed by atoms with Crippen LogP contribution in [0.25, 0.3) is 22.3 Å². The summed E-state index contributed by atoms with van der Waals surface area (Å²) in [4.78, 5) is 0. The zero-order chi connectivity index (χ0) is 84.3. The predicted molar refractivity (Wildman–Crippen MR) is 479 cm³/mol. The van der Waals surface area contributed by atoms with Crippen LogP contribution in [0.5, 0.6) is 23.0 Å². The van der Waals surface area contributed by atoms with E-state index in [9.17, 15) is 0 Å². The van der Waals surface area contributed by atoms with E-state index in [4.69, 9.17) is 85.0 Å². The van der Waals surface area contributed by atoms with E-state index >= 15 is 0 Å². The lowest BCUT2D eigenvalue weighted by Gasteiger charge is -2.32. The van der Waals surface area contributed by atoms with Gasteiger partial charge in [-0.3, -0.25) is 0 Å². The second-order valence-corrected chi connectivity index (χ2v) is 37.7. The maximum absolute atomic E-state index is 9.05. The van der Waals surface area contributed by atoms with E-state index < -0.39 is 32.3 Å². The highest BCUT2D eigenvalue weighted by molar-refractivity contribution is 14.1. The quantitative estimate of drug-likeness (QED) is 0.0363. The van der Waals surface area contributed by atoms with Crippen molar-refractivity contribution in [2.24, 2.45) is 0 Å². The van der Waals surface area contributed by atoms with Crippen LogP contribution in [0.3, 0.4) is 0 Å². The molecule has 4 aromatic carbocycles. The third-order valence-corrected chi connectivity index (χ3v) is 25.3. The third kappa shape index (κ3) is 26.9. The Morgan fingerprint density at radius 1 is 0.409 bits per heavy atom. The molecule has 25 nitrogen and oxygen atoms in total. The number of aromatic nitrogens is 6. The van der Waals surface area contributed by atoms with Crippen LogP contribution in [-0.4, -0.2) is 182 Å². The van der Waals surface area contributed by atoms with Crippen molar-refractivity contribution in [3.63, 3.8) is 0 Å². The van der Waals surface area contributed by atoms with Gasteiger partial charge in [-0.25, -0.2) is 14.0 Å². The van der Waals surface area contributed by atoms with E-state index in [0.717, 1.165) is 130 Å². The van der Waals surface area contributed by atoms with Gasteiger partial charge in [0, 0.05) is 102 Å². The molecule has 7 saturated heterocycles. The van der Waals surface area contributed by atoms with Gasteiger partial charge >= 0.3 is 28.3 Å². The predicted octanol–water partition coefficient (Wildman–Crippen LogP) is 18.4. The number of aromatic hydroxyl groups is 1. The number of hydrogen-bond donors (Lipinski definition) is 1. The summed E-state index contributed by atoms with van der Waals surface area (Å²) in [7, 11) is 4.63. The highest BCUT2D eigenvalue weighted by Crippen LogP contribution is 2.45. The van der Waals surface area contributed by atoms with E-state index in [2.05, 4.69) is 157 Å². The van der Waals surface area contributed by atoms with Crippen LogP contribution in [0.4, 0.5) is 0 Å². The molecule has 35 heteroatoms. The number of alkyl halides is 1. The van der Waals surface area contributed by atoms with Crippen molar-refractivity contribution in [2.75, 3.05) is 74.2 Å². The molecular weight excluding hydrogens is 1970 g/mol. The summed E-state index contributed by atoms with van der Waals surface area (Å²) < 4.78 is 112. The first-order valence-electron chi connectivity index (χ1n) is 38.5. The first-order valence-corrected chi connectivity index (χ1v) is 44.2. The monoisotopic (exact) mass is 2080 g/mol.